The molecule has 0 saturated heterocycles. The van der Waals surface area contributed by atoms with Crippen molar-refractivity contribution in [1.82, 2.24) is 0 Å². The predicted octanol–water partition coefficient (Wildman–Crippen LogP) is 2.49. The molecule has 1 aromatic heterocycles. The van der Waals surface area contributed by atoms with Gasteiger partial charge in [0.15, 0.2) is 0 Å². The molecule has 0 spiro atoms. The number of rotatable bonds is 4. The Hall–Kier alpha value is -2.74. The number of anilines is 1. The van der Waals surface area contributed by atoms with Crippen LogP contribution in [0.3, 0.4) is 0 Å². The Morgan fingerprint density at radius 2 is 2.26 bits per heavy atom. The van der Waals surface area contributed by atoms with Gasteiger partial charge in [0.05, 0.1) is 17.9 Å². The minimum absolute atomic E-state index is 0.0525. The van der Waals surface area contributed by atoms with Crippen molar-refractivity contribution in [1.29, 1.82) is 5.26 Å². The van der Waals surface area contributed by atoms with E-state index in [2.05, 4.69) is 6.07 Å². The van der Waals surface area contributed by atoms with Crippen molar-refractivity contribution in [3.63, 3.8) is 0 Å². The fourth-order valence-corrected chi connectivity index (χ4v) is 1.81. The molecular weight excluding hydrogens is 244 g/mol. The van der Waals surface area contributed by atoms with Gasteiger partial charge in [-0.2, -0.15) is 5.26 Å². The molecule has 19 heavy (non-hydrogen) atoms. The molecule has 96 valence electrons. The van der Waals surface area contributed by atoms with Crippen molar-refractivity contribution < 1.29 is 14.3 Å². The second-order valence-electron chi connectivity index (χ2n) is 4.10. The third kappa shape index (κ3) is 2.75. The Kier molecular flexibility index (Phi) is 3.53. The molecule has 0 amide bonds. The van der Waals surface area contributed by atoms with Crippen LogP contribution in [0.2, 0.25) is 0 Å². The molecule has 2 rings (SSSR count). The number of benzene rings is 1. The maximum absolute atomic E-state index is 10.9. The zero-order valence-corrected chi connectivity index (χ0v) is 10.3. The van der Waals surface area contributed by atoms with Gasteiger partial charge in [0.1, 0.15) is 0 Å². The van der Waals surface area contributed by atoms with Crippen molar-refractivity contribution in [3.05, 3.63) is 53.5 Å². The van der Waals surface area contributed by atoms with Crippen molar-refractivity contribution in [2.75, 3.05) is 11.9 Å². The summed E-state index contributed by atoms with van der Waals surface area (Å²) in [6.07, 6.45) is 1.36. The van der Waals surface area contributed by atoms with Gasteiger partial charge in [0.25, 0.3) is 0 Å². The second kappa shape index (κ2) is 5.27. The molecular formula is C14H12N2O3. The first-order chi connectivity index (χ1) is 9.11. The van der Waals surface area contributed by atoms with Crippen LogP contribution in [0.25, 0.3) is 0 Å². The summed E-state index contributed by atoms with van der Waals surface area (Å²) in [6, 6.07) is 10.8. The number of nitrogens with zero attached hydrogens (tertiary/aromatic N) is 2. The highest BCUT2D eigenvalue weighted by Gasteiger charge is 2.15. The number of hydrogen-bond donors (Lipinski definition) is 1. The monoisotopic (exact) mass is 256 g/mol. The van der Waals surface area contributed by atoms with Crippen LogP contribution in [0.1, 0.15) is 21.7 Å². The van der Waals surface area contributed by atoms with E-state index >= 15 is 0 Å². The summed E-state index contributed by atoms with van der Waals surface area (Å²) in [6.45, 7) is 0.396. The number of carboxylic acid groups (broad SMARTS) is 1. The number of hydrogen-bond acceptors (Lipinski definition) is 4. The minimum Gasteiger partial charge on any atom is -0.475 e. The summed E-state index contributed by atoms with van der Waals surface area (Å²) >= 11 is 0. The summed E-state index contributed by atoms with van der Waals surface area (Å²) in [5.74, 6) is -1.14. The lowest BCUT2D eigenvalue weighted by atomic mass is 10.2. The van der Waals surface area contributed by atoms with E-state index in [1.165, 1.54) is 6.26 Å². The molecule has 1 aromatic carbocycles. The first-order valence-electron chi connectivity index (χ1n) is 5.63. The highest BCUT2D eigenvalue weighted by atomic mass is 16.4. The molecule has 2 aromatic rings. The molecule has 0 saturated carbocycles. The van der Waals surface area contributed by atoms with Crippen molar-refractivity contribution >= 4 is 11.7 Å². The minimum atomic E-state index is -1.08. The Labute approximate surface area is 110 Å². The predicted molar refractivity (Wildman–Crippen MR) is 68.9 cm³/mol. The van der Waals surface area contributed by atoms with E-state index < -0.39 is 5.97 Å². The molecule has 0 aliphatic heterocycles. The van der Waals surface area contributed by atoms with Gasteiger partial charge in [-0.25, -0.2) is 4.79 Å². The Balaban J connectivity index is 2.21. The van der Waals surface area contributed by atoms with Crippen molar-refractivity contribution in [2.45, 2.75) is 6.54 Å². The summed E-state index contributed by atoms with van der Waals surface area (Å²) in [7, 11) is 1.83. The van der Waals surface area contributed by atoms with Gasteiger partial charge < -0.3 is 14.4 Å². The number of aromatic carboxylic acids is 1. The molecule has 0 fully saturated rings. The zero-order chi connectivity index (χ0) is 13.8. The largest absolute Gasteiger partial charge is 0.475 e. The van der Waals surface area contributed by atoms with Crippen LogP contribution in [-0.4, -0.2) is 18.1 Å². The maximum atomic E-state index is 10.9. The molecule has 0 radical (unpaired) electrons. The molecule has 0 unspecified atom stereocenters. The SMILES string of the molecule is CN(Cc1ccoc1C(=O)O)c1cccc(C#N)c1. The van der Waals surface area contributed by atoms with Crippen LogP contribution in [0, 0.1) is 11.3 Å². The highest BCUT2D eigenvalue weighted by Crippen LogP contribution is 2.19. The zero-order valence-electron chi connectivity index (χ0n) is 10.3. The molecule has 1 N–H and O–H groups in total. The second-order valence-corrected chi connectivity index (χ2v) is 4.10. The smallest absolute Gasteiger partial charge is 0.372 e. The first kappa shape index (κ1) is 12.7. The lowest BCUT2D eigenvalue weighted by molar-refractivity contribution is 0.0661. The number of nitriles is 1. The number of carboxylic acids is 1. The topological polar surface area (TPSA) is 77.5 Å². The van der Waals surface area contributed by atoms with Crippen molar-refractivity contribution in [3.8, 4) is 6.07 Å². The van der Waals surface area contributed by atoms with Crippen LogP contribution in [0.4, 0.5) is 5.69 Å². The molecule has 0 atom stereocenters. The fourth-order valence-electron chi connectivity index (χ4n) is 1.81. The van der Waals surface area contributed by atoms with Gasteiger partial charge in [0, 0.05) is 24.8 Å². The van der Waals surface area contributed by atoms with Crippen molar-refractivity contribution in [2.24, 2.45) is 0 Å². The Morgan fingerprint density at radius 1 is 1.47 bits per heavy atom. The quantitative estimate of drug-likeness (QED) is 0.909. The molecule has 0 aliphatic carbocycles. The third-order valence-electron chi connectivity index (χ3n) is 2.76. The number of furan rings is 1. The standard InChI is InChI=1S/C14H12N2O3/c1-16(12-4-2-3-10(7-12)8-15)9-11-5-6-19-13(11)14(17)18/h2-7H,9H2,1H3,(H,17,18). The van der Waals surface area contributed by atoms with E-state index in [-0.39, 0.29) is 5.76 Å². The van der Waals surface area contributed by atoms with E-state index in [9.17, 15) is 4.79 Å². The van der Waals surface area contributed by atoms with Crippen LogP contribution >= 0.6 is 0 Å². The third-order valence-corrected chi connectivity index (χ3v) is 2.76. The van der Waals surface area contributed by atoms with Gasteiger partial charge in [-0.3, -0.25) is 0 Å². The van der Waals surface area contributed by atoms with E-state index in [0.29, 0.717) is 17.7 Å². The molecule has 0 bridgehead atoms. The normalized spacial score (nSPS) is 9.89. The lowest BCUT2D eigenvalue weighted by Crippen LogP contribution is -2.17. The lowest BCUT2D eigenvalue weighted by Gasteiger charge is -2.18. The summed E-state index contributed by atoms with van der Waals surface area (Å²) in [5.41, 5.74) is 2.00. The summed E-state index contributed by atoms with van der Waals surface area (Å²) < 4.78 is 4.93. The van der Waals surface area contributed by atoms with Gasteiger partial charge in [-0.1, -0.05) is 6.07 Å². The van der Waals surface area contributed by atoms with E-state index in [1.54, 1.807) is 24.3 Å². The Morgan fingerprint density at radius 3 is 2.95 bits per heavy atom. The van der Waals surface area contributed by atoms with Crippen LogP contribution in [0.15, 0.2) is 41.0 Å². The average molecular weight is 256 g/mol. The van der Waals surface area contributed by atoms with Crippen LogP contribution < -0.4 is 4.90 Å². The van der Waals surface area contributed by atoms with E-state index in [1.807, 2.05) is 18.0 Å². The molecule has 0 aliphatic rings. The van der Waals surface area contributed by atoms with Gasteiger partial charge in [0.2, 0.25) is 5.76 Å². The van der Waals surface area contributed by atoms with E-state index in [0.717, 1.165) is 5.69 Å². The molecule has 1 heterocycles. The average Bonchev–Trinajstić information content (AvgIpc) is 2.87. The van der Waals surface area contributed by atoms with Gasteiger partial charge in [-0.15, -0.1) is 0 Å². The first-order valence-corrected chi connectivity index (χ1v) is 5.63. The number of carbonyl (C=O) groups is 1. The van der Waals surface area contributed by atoms with Gasteiger partial charge >= 0.3 is 5.97 Å². The summed E-state index contributed by atoms with van der Waals surface area (Å²) in [5, 5.41) is 17.8. The maximum Gasteiger partial charge on any atom is 0.372 e. The highest BCUT2D eigenvalue weighted by molar-refractivity contribution is 5.86. The molecule has 5 heteroatoms. The molecule has 5 nitrogen and oxygen atoms in total. The van der Waals surface area contributed by atoms with Crippen LogP contribution in [0.5, 0.6) is 0 Å². The van der Waals surface area contributed by atoms with E-state index in [4.69, 9.17) is 14.8 Å². The summed E-state index contributed by atoms with van der Waals surface area (Å²) in [4.78, 5) is 12.8. The van der Waals surface area contributed by atoms with Gasteiger partial charge in [-0.05, 0) is 24.3 Å². The van der Waals surface area contributed by atoms with Crippen LogP contribution in [-0.2, 0) is 6.54 Å². The fraction of sp³-hybridized carbons (Fsp3) is 0.143. The Bertz CT molecular complexity index is 640.